The Hall–Kier alpha value is -1.59. The maximum atomic E-state index is 5.30. The fraction of sp³-hybridized carbons (Fsp3) is 0.167. The van der Waals surface area contributed by atoms with E-state index in [0.29, 0.717) is 5.82 Å². The fourth-order valence-corrected chi connectivity index (χ4v) is 2.33. The van der Waals surface area contributed by atoms with Gasteiger partial charge in [-0.2, -0.15) is 0 Å². The Kier molecular flexibility index (Phi) is 3.61. The van der Waals surface area contributed by atoms with Crippen LogP contribution in [0, 0.1) is 13.8 Å². The predicted molar refractivity (Wildman–Crippen MR) is 69.9 cm³/mol. The Morgan fingerprint density at radius 1 is 1.24 bits per heavy atom. The van der Waals surface area contributed by atoms with Gasteiger partial charge in [0.05, 0.1) is 12.4 Å². The summed E-state index contributed by atoms with van der Waals surface area (Å²) in [6, 6.07) is 6.34. The monoisotopic (exact) mass is 246 g/mol. The third-order valence-corrected chi connectivity index (χ3v) is 3.39. The zero-order valence-corrected chi connectivity index (χ0v) is 10.6. The second-order valence-corrected chi connectivity index (χ2v) is 4.82. The van der Waals surface area contributed by atoms with E-state index in [1.165, 1.54) is 16.0 Å². The maximum absolute atomic E-state index is 5.30. The molecule has 0 saturated carbocycles. The lowest BCUT2D eigenvalue weighted by molar-refractivity contribution is 1.04. The number of anilines is 1. The Morgan fingerprint density at radius 2 is 2.06 bits per heavy atom. The first kappa shape index (κ1) is 11.9. The smallest absolute Gasteiger partial charge is 0.159 e. The molecule has 4 nitrogen and oxygen atoms in total. The van der Waals surface area contributed by atoms with E-state index in [-0.39, 0.29) is 0 Å². The van der Waals surface area contributed by atoms with E-state index >= 15 is 0 Å². The van der Waals surface area contributed by atoms with Crippen molar-refractivity contribution in [2.45, 2.75) is 23.8 Å². The fourth-order valence-electron chi connectivity index (χ4n) is 1.49. The summed E-state index contributed by atoms with van der Waals surface area (Å²) >= 11 is 1.58. The molecule has 3 N–H and O–H groups in total. The van der Waals surface area contributed by atoms with Gasteiger partial charge in [0.15, 0.2) is 5.82 Å². The molecule has 0 spiro atoms. The molecule has 0 unspecified atom stereocenters. The van der Waals surface area contributed by atoms with Gasteiger partial charge in [0.2, 0.25) is 0 Å². The number of hydrazine groups is 1. The summed E-state index contributed by atoms with van der Waals surface area (Å²) in [7, 11) is 0. The standard InChI is InChI=1S/C12H14N4S/c1-8-3-4-10(9(2)5-8)17-12-7-14-6-11(15-12)16-13/h3-7H,13H2,1-2H3,(H,15,16). The van der Waals surface area contributed by atoms with E-state index in [4.69, 9.17) is 5.84 Å². The molecule has 0 fully saturated rings. The molecule has 5 heteroatoms. The number of benzene rings is 1. The molecule has 1 heterocycles. The molecular weight excluding hydrogens is 232 g/mol. The molecule has 1 aromatic heterocycles. The Labute approximate surface area is 105 Å². The van der Waals surface area contributed by atoms with Gasteiger partial charge in [-0.15, -0.1) is 0 Å². The van der Waals surface area contributed by atoms with E-state index < -0.39 is 0 Å². The first-order chi connectivity index (χ1) is 8.19. The molecule has 0 atom stereocenters. The summed E-state index contributed by atoms with van der Waals surface area (Å²) < 4.78 is 0. The number of nitrogens with one attached hydrogen (secondary N) is 1. The molecule has 2 rings (SSSR count). The van der Waals surface area contributed by atoms with Crippen molar-refractivity contribution in [1.82, 2.24) is 9.97 Å². The third kappa shape index (κ3) is 2.95. The van der Waals surface area contributed by atoms with Crippen LogP contribution in [0.1, 0.15) is 11.1 Å². The average Bonchev–Trinajstić information content (AvgIpc) is 2.33. The van der Waals surface area contributed by atoms with Crippen LogP contribution in [0.2, 0.25) is 0 Å². The highest BCUT2D eigenvalue weighted by Gasteiger charge is 2.03. The summed E-state index contributed by atoms with van der Waals surface area (Å²) in [4.78, 5) is 9.57. The minimum Gasteiger partial charge on any atom is -0.307 e. The van der Waals surface area contributed by atoms with Crippen molar-refractivity contribution in [3.63, 3.8) is 0 Å². The van der Waals surface area contributed by atoms with E-state index in [1.54, 1.807) is 24.2 Å². The van der Waals surface area contributed by atoms with Crippen LogP contribution in [0.15, 0.2) is 40.5 Å². The van der Waals surface area contributed by atoms with Crippen molar-refractivity contribution in [3.8, 4) is 0 Å². The van der Waals surface area contributed by atoms with Crippen molar-refractivity contribution in [2.75, 3.05) is 5.43 Å². The van der Waals surface area contributed by atoms with Gasteiger partial charge in [-0.25, -0.2) is 10.8 Å². The molecule has 0 bridgehead atoms. The summed E-state index contributed by atoms with van der Waals surface area (Å²) in [6.45, 7) is 4.17. The van der Waals surface area contributed by atoms with Gasteiger partial charge in [0, 0.05) is 4.90 Å². The molecule has 0 radical (unpaired) electrons. The van der Waals surface area contributed by atoms with Gasteiger partial charge >= 0.3 is 0 Å². The largest absolute Gasteiger partial charge is 0.307 e. The van der Waals surface area contributed by atoms with Crippen LogP contribution >= 0.6 is 11.8 Å². The molecule has 0 saturated heterocycles. The minimum absolute atomic E-state index is 0.569. The van der Waals surface area contributed by atoms with Gasteiger partial charge in [0.1, 0.15) is 5.03 Å². The number of nitrogen functional groups attached to an aromatic ring is 1. The second-order valence-electron chi connectivity index (χ2n) is 3.76. The molecule has 88 valence electrons. The van der Waals surface area contributed by atoms with Crippen molar-refractivity contribution >= 4 is 17.6 Å². The normalized spacial score (nSPS) is 10.3. The molecule has 0 aliphatic heterocycles. The third-order valence-electron chi connectivity index (χ3n) is 2.31. The first-order valence-corrected chi connectivity index (χ1v) is 6.04. The Balaban J connectivity index is 2.25. The molecule has 17 heavy (non-hydrogen) atoms. The summed E-state index contributed by atoms with van der Waals surface area (Å²) in [5.41, 5.74) is 4.99. The van der Waals surface area contributed by atoms with Gasteiger partial charge in [-0.3, -0.25) is 4.98 Å². The van der Waals surface area contributed by atoms with Crippen LogP contribution in [-0.4, -0.2) is 9.97 Å². The number of aromatic nitrogens is 2. The topological polar surface area (TPSA) is 63.8 Å². The SMILES string of the molecule is Cc1ccc(Sc2cncc(NN)n2)c(C)c1. The van der Waals surface area contributed by atoms with E-state index in [2.05, 4.69) is 47.4 Å². The average molecular weight is 246 g/mol. The number of nitrogens with two attached hydrogens (primary N) is 1. The first-order valence-electron chi connectivity index (χ1n) is 5.23. The quantitative estimate of drug-likeness (QED) is 0.643. The summed E-state index contributed by atoms with van der Waals surface area (Å²) in [5, 5.41) is 0.826. The number of hydrogen-bond acceptors (Lipinski definition) is 5. The van der Waals surface area contributed by atoms with Gasteiger partial charge in [0.25, 0.3) is 0 Å². The van der Waals surface area contributed by atoms with Crippen LogP contribution < -0.4 is 11.3 Å². The van der Waals surface area contributed by atoms with Gasteiger partial charge in [-0.05, 0) is 25.5 Å². The zero-order chi connectivity index (χ0) is 12.3. The van der Waals surface area contributed by atoms with Crippen molar-refractivity contribution < 1.29 is 0 Å². The van der Waals surface area contributed by atoms with Crippen molar-refractivity contribution in [1.29, 1.82) is 0 Å². The maximum Gasteiger partial charge on any atom is 0.159 e. The number of hydrogen-bond donors (Lipinski definition) is 2. The molecule has 2 aromatic rings. The number of aryl methyl sites for hydroxylation is 2. The minimum atomic E-state index is 0.569. The summed E-state index contributed by atoms with van der Waals surface area (Å²) in [5.74, 6) is 5.87. The van der Waals surface area contributed by atoms with Crippen molar-refractivity contribution in [2.24, 2.45) is 5.84 Å². The lowest BCUT2D eigenvalue weighted by atomic mass is 10.2. The number of rotatable bonds is 3. The van der Waals surface area contributed by atoms with E-state index in [1.807, 2.05) is 0 Å². The predicted octanol–water partition coefficient (Wildman–Crippen LogP) is 2.53. The number of nitrogens with zero attached hydrogens (tertiary/aromatic N) is 2. The van der Waals surface area contributed by atoms with E-state index in [9.17, 15) is 0 Å². The lowest BCUT2D eigenvalue weighted by Crippen LogP contribution is -2.08. The Morgan fingerprint density at radius 3 is 2.76 bits per heavy atom. The molecule has 0 aliphatic rings. The summed E-state index contributed by atoms with van der Waals surface area (Å²) in [6.07, 6.45) is 3.32. The van der Waals surface area contributed by atoms with Crippen LogP contribution in [0.25, 0.3) is 0 Å². The molecule has 0 aliphatic carbocycles. The van der Waals surface area contributed by atoms with Crippen LogP contribution in [0.4, 0.5) is 5.82 Å². The second kappa shape index (κ2) is 5.16. The zero-order valence-electron chi connectivity index (χ0n) is 9.77. The van der Waals surface area contributed by atoms with E-state index in [0.717, 1.165) is 5.03 Å². The Bertz CT molecular complexity index is 528. The molecular formula is C12H14N4S. The highest BCUT2D eigenvalue weighted by molar-refractivity contribution is 7.99. The lowest BCUT2D eigenvalue weighted by Gasteiger charge is -2.06. The van der Waals surface area contributed by atoms with Crippen LogP contribution in [0.3, 0.4) is 0 Å². The van der Waals surface area contributed by atoms with Gasteiger partial charge in [-0.1, -0.05) is 29.5 Å². The molecule has 1 aromatic carbocycles. The van der Waals surface area contributed by atoms with Crippen LogP contribution in [-0.2, 0) is 0 Å². The highest BCUT2D eigenvalue weighted by Crippen LogP contribution is 2.29. The van der Waals surface area contributed by atoms with Crippen LogP contribution in [0.5, 0.6) is 0 Å². The van der Waals surface area contributed by atoms with Crippen molar-refractivity contribution in [3.05, 3.63) is 41.7 Å². The highest BCUT2D eigenvalue weighted by atomic mass is 32.2. The van der Waals surface area contributed by atoms with Gasteiger partial charge < -0.3 is 5.43 Å². The molecule has 0 amide bonds.